The van der Waals surface area contributed by atoms with Crippen LogP contribution in [0.3, 0.4) is 0 Å². The maximum atomic E-state index is 10.6. The third-order valence-corrected chi connectivity index (χ3v) is 5.72. The molecule has 3 aromatic rings. The van der Waals surface area contributed by atoms with Crippen molar-refractivity contribution in [1.82, 2.24) is 24.5 Å². The van der Waals surface area contributed by atoms with Crippen LogP contribution in [0.5, 0.6) is 0 Å². The third kappa shape index (κ3) is 10.2. The highest BCUT2D eigenvalue weighted by Crippen LogP contribution is 2.24. The predicted molar refractivity (Wildman–Crippen MR) is 130 cm³/mol. The lowest BCUT2D eigenvalue weighted by Gasteiger charge is -2.32. The monoisotopic (exact) mass is 598 g/mol. The number of likely N-dealkylation sites (tertiary alicyclic amines) is 1. The van der Waals surface area contributed by atoms with Gasteiger partial charge in [-0.05, 0) is 43.2 Å². The molecule has 1 aliphatic heterocycles. The predicted octanol–water partition coefficient (Wildman–Crippen LogP) is 4.28. The number of aliphatic carboxylic acids is 2. The molecule has 0 saturated carbocycles. The molecule has 0 spiro atoms. The Morgan fingerprint density at radius 3 is 2.05 bits per heavy atom. The van der Waals surface area contributed by atoms with Gasteiger partial charge in [-0.1, -0.05) is 22.9 Å². The summed E-state index contributed by atoms with van der Waals surface area (Å²) in [7, 11) is 0. The number of rotatable bonds is 5. The maximum Gasteiger partial charge on any atom is 0.490 e. The summed E-state index contributed by atoms with van der Waals surface area (Å²) in [5, 5.41) is 23.3. The van der Waals surface area contributed by atoms with Crippen molar-refractivity contribution in [2.24, 2.45) is 5.73 Å². The first-order chi connectivity index (χ1) is 18.6. The Hall–Kier alpha value is -3.63. The van der Waals surface area contributed by atoms with Crippen molar-refractivity contribution in [3.63, 3.8) is 0 Å². The number of carboxylic acids is 2. The molecule has 0 unspecified atom stereocenters. The molecule has 220 valence electrons. The number of aromatic nitrogens is 4. The molecule has 0 amide bonds. The highest BCUT2D eigenvalue weighted by Gasteiger charge is 2.38. The number of hydrogen-bond donors (Lipinski definition) is 3. The van der Waals surface area contributed by atoms with Gasteiger partial charge in [0.05, 0.1) is 17.9 Å². The van der Waals surface area contributed by atoms with E-state index in [1.807, 2.05) is 29.1 Å². The van der Waals surface area contributed by atoms with Crippen LogP contribution >= 0.6 is 11.6 Å². The first-order valence-electron chi connectivity index (χ1n) is 11.5. The summed E-state index contributed by atoms with van der Waals surface area (Å²) in [5.41, 5.74) is 8.86. The molecule has 4 N–H and O–H groups in total. The lowest BCUT2D eigenvalue weighted by atomic mass is 10.1. The van der Waals surface area contributed by atoms with Crippen LogP contribution < -0.4 is 5.73 Å². The fourth-order valence-corrected chi connectivity index (χ4v) is 3.76. The van der Waals surface area contributed by atoms with E-state index in [-0.39, 0.29) is 0 Å². The number of benzene rings is 1. The zero-order chi connectivity index (χ0) is 30.1. The standard InChI is InChI=1S/C19H23ClN6.2C2HF3O2/c20-15-3-1-4-18(11-15)25-8-2-5-19(25)14-24-9-6-17(7-10-24)26-13-16(12-21)22-23-26;2*3-2(4,5)1(6)7/h1-5,8,11,13,17H,6-7,9-10,12,14,21H2;2*(H,6,7). The lowest BCUT2D eigenvalue weighted by Crippen LogP contribution is -2.34. The minimum Gasteiger partial charge on any atom is -0.475 e. The fraction of sp³-hybridized carbons (Fsp3) is 0.391. The molecule has 2 aromatic heterocycles. The van der Waals surface area contributed by atoms with Crippen molar-refractivity contribution in [2.45, 2.75) is 44.3 Å². The third-order valence-electron chi connectivity index (χ3n) is 5.49. The molecule has 0 radical (unpaired) electrons. The van der Waals surface area contributed by atoms with Crippen LogP contribution in [-0.2, 0) is 22.7 Å². The Morgan fingerprint density at radius 1 is 1.00 bits per heavy atom. The van der Waals surface area contributed by atoms with E-state index < -0.39 is 24.3 Å². The zero-order valence-corrected chi connectivity index (χ0v) is 21.4. The van der Waals surface area contributed by atoms with Gasteiger partial charge in [-0.15, -0.1) is 5.10 Å². The van der Waals surface area contributed by atoms with Crippen LogP contribution in [0, 0.1) is 0 Å². The average molecular weight is 599 g/mol. The van der Waals surface area contributed by atoms with E-state index in [0.717, 1.165) is 48.9 Å². The highest BCUT2D eigenvalue weighted by molar-refractivity contribution is 6.30. The maximum absolute atomic E-state index is 10.6. The molecule has 1 aromatic carbocycles. The van der Waals surface area contributed by atoms with Crippen LogP contribution in [0.15, 0.2) is 48.8 Å². The van der Waals surface area contributed by atoms with Crippen molar-refractivity contribution < 1.29 is 46.1 Å². The van der Waals surface area contributed by atoms with Gasteiger partial charge in [0.25, 0.3) is 0 Å². The number of piperidine rings is 1. The summed E-state index contributed by atoms with van der Waals surface area (Å²) in [6, 6.07) is 12.7. The molecular weight excluding hydrogens is 574 g/mol. The SMILES string of the molecule is NCc1cn(C2CCN(Cc3cccn3-c3cccc(Cl)c3)CC2)nn1.O=C(O)C(F)(F)F.O=C(O)C(F)(F)F. The Kier molecular flexibility index (Phi) is 11.5. The Balaban J connectivity index is 0.000000333. The van der Waals surface area contributed by atoms with E-state index in [0.29, 0.717) is 12.6 Å². The van der Waals surface area contributed by atoms with E-state index in [2.05, 4.69) is 44.2 Å². The summed E-state index contributed by atoms with van der Waals surface area (Å²) in [6.45, 7) is 3.46. The minimum atomic E-state index is -5.08. The first kappa shape index (κ1) is 32.6. The smallest absolute Gasteiger partial charge is 0.475 e. The molecule has 0 bridgehead atoms. The van der Waals surface area contributed by atoms with Gasteiger partial charge in [-0.25, -0.2) is 14.3 Å². The van der Waals surface area contributed by atoms with Crippen LogP contribution in [0.2, 0.25) is 5.02 Å². The van der Waals surface area contributed by atoms with Gasteiger partial charge in [0.1, 0.15) is 0 Å². The van der Waals surface area contributed by atoms with Crippen molar-refractivity contribution in [1.29, 1.82) is 0 Å². The van der Waals surface area contributed by atoms with Crippen LogP contribution in [0.1, 0.15) is 30.3 Å². The quantitative estimate of drug-likeness (QED) is 0.370. The summed E-state index contributed by atoms with van der Waals surface area (Å²) in [4.78, 5) is 20.3. The second kappa shape index (κ2) is 14.1. The van der Waals surface area contributed by atoms with E-state index in [4.69, 9.17) is 37.1 Å². The molecule has 17 heteroatoms. The molecule has 1 fully saturated rings. The van der Waals surface area contributed by atoms with Gasteiger partial charge in [0.2, 0.25) is 0 Å². The van der Waals surface area contributed by atoms with Gasteiger partial charge in [0.15, 0.2) is 0 Å². The number of carboxylic acid groups (broad SMARTS) is 2. The second-order valence-electron chi connectivity index (χ2n) is 8.36. The number of alkyl halides is 6. The molecule has 0 atom stereocenters. The van der Waals surface area contributed by atoms with E-state index in [1.54, 1.807) is 0 Å². The fourth-order valence-electron chi connectivity index (χ4n) is 3.58. The topological polar surface area (TPSA) is 140 Å². The van der Waals surface area contributed by atoms with E-state index in [1.165, 1.54) is 5.69 Å². The Morgan fingerprint density at radius 2 is 1.57 bits per heavy atom. The van der Waals surface area contributed by atoms with Gasteiger partial charge < -0.3 is 20.5 Å². The summed E-state index contributed by atoms with van der Waals surface area (Å²) >= 11 is 6.15. The number of carbonyl (C=O) groups is 2. The van der Waals surface area contributed by atoms with Crippen molar-refractivity contribution in [2.75, 3.05) is 13.1 Å². The lowest BCUT2D eigenvalue weighted by molar-refractivity contribution is -0.193. The van der Waals surface area contributed by atoms with Gasteiger partial charge in [-0.2, -0.15) is 26.3 Å². The Labute approximate surface area is 228 Å². The molecule has 1 aliphatic rings. The normalized spacial score (nSPS) is 14.5. The number of nitrogens with zero attached hydrogens (tertiary/aromatic N) is 5. The van der Waals surface area contributed by atoms with E-state index in [9.17, 15) is 26.3 Å². The molecule has 0 aliphatic carbocycles. The van der Waals surface area contributed by atoms with Crippen LogP contribution in [0.25, 0.3) is 5.69 Å². The van der Waals surface area contributed by atoms with Gasteiger partial charge in [-0.3, -0.25) is 4.90 Å². The number of nitrogens with two attached hydrogens (primary N) is 1. The van der Waals surface area contributed by atoms with Crippen LogP contribution in [-0.4, -0.2) is 72.1 Å². The molecule has 10 nitrogen and oxygen atoms in total. The summed E-state index contributed by atoms with van der Waals surface area (Å²) in [6.07, 6.45) is -3.95. The van der Waals surface area contributed by atoms with Crippen molar-refractivity contribution in [3.05, 3.63) is 65.2 Å². The number of halogens is 7. The van der Waals surface area contributed by atoms with Gasteiger partial charge >= 0.3 is 24.3 Å². The highest BCUT2D eigenvalue weighted by atomic mass is 35.5. The van der Waals surface area contributed by atoms with Crippen molar-refractivity contribution >= 4 is 23.5 Å². The largest absolute Gasteiger partial charge is 0.490 e. The summed E-state index contributed by atoms with van der Waals surface area (Å²) in [5.74, 6) is -5.51. The Bertz CT molecular complexity index is 1230. The second-order valence-corrected chi connectivity index (χ2v) is 8.79. The molecule has 3 heterocycles. The molecule has 1 saturated heterocycles. The molecular formula is C23H25ClF6N6O4. The van der Waals surface area contributed by atoms with Gasteiger partial charge in [0, 0.05) is 48.8 Å². The summed E-state index contributed by atoms with van der Waals surface area (Å²) < 4.78 is 67.7. The van der Waals surface area contributed by atoms with Crippen LogP contribution in [0.4, 0.5) is 26.3 Å². The zero-order valence-electron chi connectivity index (χ0n) is 20.6. The average Bonchev–Trinajstić information content (AvgIpc) is 3.54. The first-order valence-corrected chi connectivity index (χ1v) is 11.8. The van der Waals surface area contributed by atoms with E-state index >= 15 is 0 Å². The molecule has 40 heavy (non-hydrogen) atoms. The van der Waals surface area contributed by atoms with Crippen molar-refractivity contribution in [3.8, 4) is 5.69 Å². The minimum absolute atomic E-state index is 0.416. The number of hydrogen-bond acceptors (Lipinski definition) is 6. The molecule has 4 rings (SSSR count).